The molecule has 0 saturated heterocycles. The summed E-state index contributed by atoms with van der Waals surface area (Å²) in [6.45, 7) is 2.12. The molecule has 0 aromatic carbocycles. The van der Waals surface area contributed by atoms with Crippen molar-refractivity contribution in [2.75, 3.05) is 18.5 Å². The number of rotatable bonds is 6. The maximum atomic E-state index is 11.4. The first-order chi connectivity index (χ1) is 11.3. The minimum atomic E-state index is -0.352. The molecule has 118 valence electrons. The van der Waals surface area contributed by atoms with Gasteiger partial charge in [0.25, 0.3) is 0 Å². The summed E-state index contributed by atoms with van der Waals surface area (Å²) < 4.78 is 4.87. The number of aromatic nitrogens is 3. The van der Waals surface area contributed by atoms with Gasteiger partial charge in [-0.15, -0.1) is 10.2 Å². The second-order valence-electron chi connectivity index (χ2n) is 4.52. The zero-order valence-corrected chi connectivity index (χ0v) is 14.0. The fourth-order valence-electron chi connectivity index (χ4n) is 1.96. The fraction of sp³-hybridized carbons (Fsp3) is 0.200. The number of esters is 1. The summed E-state index contributed by atoms with van der Waals surface area (Å²) in [5.41, 5.74) is 3.43. The van der Waals surface area contributed by atoms with Crippen LogP contribution < -0.4 is 5.32 Å². The Kier molecular flexibility index (Phi) is 4.94. The van der Waals surface area contributed by atoms with Gasteiger partial charge in [0.2, 0.25) is 5.95 Å². The first-order valence-electron chi connectivity index (χ1n) is 6.97. The van der Waals surface area contributed by atoms with Gasteiger partial charge < -0.3 is 10.1 Å². The molecule has 0 saturated carbocycles. The van der Waals surface area contributed by atoms with Gasteiger partial charge in [-0.25, -0.2) is 4.98 Å². The maximum absolute atomic E-state index is 11.4. The summed E-state index contributed by atoms with van der Waals surface area (Å²) in [5.74, 6) is -0.0478. The van der Waals surface area contributed by atoms with Crippen LogP contribution in [0.3, 0.4) is 0 Å². The Morgan fingerprint density at radius 2 is 1.83 bits per heavy atom. The highest BCUT2D eigenvalue weighted by Crippen LogP contribution is 2.31. The Labute approximate surface area is 141 Å². The number of nitrogens with one attached hydrogen (secondary N) is 1. The fourth-order valence-corrected chi connectivity index (χ4v) is 3.24. The van der Waals surface area contributed by atoms with Crippen LogP contribution in [0.4, 0.5) is 5.95 Å². The van der Waals surface area contributed by atoms with Crippen LogP contribution >= 0.6 is 22.7 Å². The highest BCUT2D eigenvalue weighted by molar-refractivity contribution is 7.08. The molecule has 6 nitrogen and oxygen atoms in total. The van der Waals surface area contributed by atoms with Gasteiger partial charge in [0.1, 0.15) is 17.9 Å². The molecule has 3 aromatic rings. The van der Waals surface area contributed by atoms with Crippen LogP contribution in [0.5, 0.6) is 0 Å². The monoisotopic (exact) mass is 346 g/mol. The smallest absolute Gasteiger partial charge is 0.325 e. The molecule has 8 heteroatoms. The number of ether oxygens (including phenoxy) is 1. The van der Waals surface area contributed by atoms with E-state index in [1.807, 2.05) is 33.7 Å². The van der Waals surface area contributed by atoms with Gasteiger partial charge in [0, 0.05) is 21.9 Å². The lowest BCUT2D eigenvalue weighted by Crippen LogP contribution is -2.18. The van der Waals surface area contributed by atoms with Gasteiger partial charge in [-0.3, -0.25) is 4.79 Å². The lowest BCUT2D eigenvalue weighted by molar-refractivity contribution is -0.140. The van der Waals surface area contributed by atoms with Crippen LogP contribution in [0.25, 0.3) is 22.5 Å². The average Bonchev–Trinajstić information content (AvgIpc) is 3.26. The zero-order valence-electron chi connectivity index (χ0n) is 12.4. The molecule has 23 heavy (non-hydrogen) atoms. The third kappa shape index (κ3) is 3.72. The molecule has 0 radical (unpaired) electrons. The molecule has 0 aliphatic carbocycles. The number of anilines is 1. The minimum Gasteiger partial charge on any atom is -0.465 e. The molecule has 0 spiro atoms. The SMILES string of the molecule is CCOC(=O)CNc1nnc(-c2ccsc2)c(-c2ccsc2)n1. The third-order valence-corrected chi connectivity index (χ3v) is 4.34. The summed E-state index contributed by atoms with van der Waals surface area (Å²) in [6.07, 6.45) is 0. The van der Waals surface area contributed by atoms with Gasteiger partial charge >= 0.3 is 5.97 Å². The van der Waals surface area contributed by atoms with Gasteiger partial charge in [-0.05, 0) is 29.8 Å². The van der Waals surface area contributed by atoms with Gasteiger partial charge in [-0.2, -0.15) is 22.7 Å². The van der Waals surface area contributed by atoms with E-state index in [0.29, 0.717) is 12.6 Å². The Hall–Kier alpha value is -2.32. The van der Waals surface area contributed by atoms with E-state index in [4.69, 9.17) is 4.74 Å². The van der Waals surface area contributed by atoms with Crippen LogP contribution in [-0.4, -0.2) is 34.3 Å². The Balaban J connectivity index is 1.90. The van der Waals surface area contributed by atoms with E-state index in [1.165, 1.54) is 0 Å². The lowest BCUT2D eigenvalue weighted by atomic mass is 10.1. The van der Waals surface area contributed by atoms with Gasteiger partial charge in [0.05, 0.1) is 6.61 Å². The van der Waals surface area contributed by atoms with E-state index >= 15 is 0 Å². The van der Waals surface area contributed by atoms with Crippen molar-refractivity contribution in [3.8, 4) is 22.5 Å². The molecule has 3 heterocycles. The Bertz CT molecular complexity index is 773. The van der Waals surface area contributed by atoms with E-state index in [9.17, 15) is 4.79 Å². The van der Waals surface area contributed by atoms with Crippen LogP contribution in [0.2, 0.25) is 0 Å². The Morgan fingerprint density at radius 3 is 2.43 bits per heavy atom. The number of hydrogen-bond acceptors (Lipinski definition) is 8. The molecule has 0 aliphatic heterocycles. The lowest BCUT2D eigenvalue weighted by Gasteiger charge is -2.08. The van der Waals surface area contributed by atoms with Crippen molar-refractivity contribution in [2.45, 2.75) is 6.92 Å². The number of carbonyl (C=O) groups excluding carboxylic acids is 1. The molecule has 0 unspecified atom stereocenters. The van der Waals surface area contributed by atoms with Crippen molar-refractivity contribution < 1.29 is 9.53 Å². The number of hydrogen-bond donors (Lipinski definition) is 1. The molecule has 0 atom stereocenters. The average molecular weight is 346 g/mol. The van der Waals surface area contributed by atoms with Gasteiger partial charge in [0.15, 0.2) is 0 Å². The molecule has 1 N–H and O–H groups in total. The van der Waals surface area contributed by atoms with Crippen LogP contribution in [0, 0.1) is 0 Å². The van der Waals surface area contributed by atoms with Crippen molar-refractivity contribution in [3.63, 3.8) is 0 Å². The molecule has 3 aromatic heterocycles. The molecule has 0 amide bonds. The van der Waals surface area contributed by atoms with Crippen molar-refractivity contribution in [1.29, 1.82) is 0 Å². The first-order valence-corrected chi connectivity index (χ1v) is 8.86. The second kappa shape index (κ2) is 7.30. The minimum absolute atomic E-state index is 0.0103. The van der Waals surface area contributed by atoms with E-state index < -0.39 is 0 Å². The molecular formula is C15H14N4O2S2. The van der Waals surface area contributed by atoms with E-state index in [0.717, 1.165) is 22.5 Å². The van der Waals surface area contributed by atoms with Crippen molar-refractivity contribution in [2.24, 2.45) is 0 Å². The van der Waals surface area contributed by atoms with E-state index in [1.54, 1.807) is 29.6 Å². The summed E-state index contributed by atoms with van der Waals surface area (Å²) in [5, 5.41) is 19.2. The number of thiophene rings is 2. The van der Waals surface area contributed by atoms with Crippen molar-refractivity contribution in [1.82, 2.24) is 15.2 Å². The Morgan fingerprint density at radius 1 is 1.13 bits per heavy atom. The molecule has 3 rings (SSSR count). The largest absolute Gasteiger partial charge is 0.465 e. The first kappa shape index (κ1) is 15.6. The quantitative estimate of drug-likeness (QED) is 0.690. The second-order valence-corrected chi connectivity index (χ2v) is 6.08. The van der Waals surface area contributed by atoms with E-state index in [2.05, 4.69) is 20.5 Å². The molecule has 0 aliphatic rings. The van der Waals surface area contributed by atoms with Crippen molar-refractivity contribution >= 4 is 34.6 Å². The number of nitrogens with zero attached hydrogens (tertiary/aromatic N) is 3. The van der Waals surface area contributed by atoms with Gasteiger partial charge in [-0.1, -0.05) is 0 Å². The predicted octanol–water partition coefficient (Wildman–Crippen LogP) is 3.30. The van der Waals surface area contributed by atoms with E-state index in [-0.39, 0.29) is 12.5 Å². The summed E-state index contributed by atoms with van der Waals surface area (Å²) in [4.78, 5) is 15.9. The van der Waals surface area contributed by atoms with Crippen LogP contribution in [0.1, 0.15) is 6.92 Å². The zero-order chi connectivity index (χ0) is 16.1. The molecule has 0 fully saturated rings. The van der Waals surface area contributed by atoms with Crippen LogP contribution in [0.15, 0.2) is 33.7 Å². The standard InChI is InChI=1S/C15H14N4O2S2/c1-2-21-12(20)7-16-15-17-13(10-3-5-22-8-10)14(18-19-15)11-4-6-23-9-11/h3-6,8-9H,2,7H2,1H3,(H,16,17,19). The maximum Gasteiger partial charge on any atom is 0.325 e. The van der Waals surface area contributed by atoms with Crippen LogP contribution in [-0.2, 0) is 9.53 Å². The predicted molar refractivity (Wildman–Crippen MR) is 91.6 cm³/mol. The summed E-state index contributed by atoms with van der Waals surface area (Å²) in [6, 6.07) is 3.97. The van der Waals surface area contributed by atoms with Crippen molar-refractivity contribution in [3.05, 3.63) is 33.7 Å². The highest BCUT2D eigenvalue weighted by atomic mass is 32.1. The topological polar surface area (TPSA) is 77.0 Å². The summed E-state index contributed by atoms with van der Waals surface area (Å²) in [7, 11) is 0. The normalized spacial score (nSPS) is 10.5. The molecule has 0 bridgehead atoms. The molecular weight excluding hydrogens is 332 g/mol. The summed E-state index contributed by atoms with van der Waals surface area (Å²) >= 11 is 3.19. The third-order valence-electron chi connectivity index (χ3n) is 2.97. The highest BCUT2D eigenvalue weighted by Gasteiger charge is 2.14. The number of carbonyl (C=O) groups is 1.